The molecule has 0 radical (unpaired) electrons. The fourth-order valence-corrected chi connectivity index (χ4v) is 1.82. The summed E-state index contributed by atoms with van der Waals surface area (Å²) in [5, 5.41) is 9.06. The molecular formula is C10H20N2O2. The quantitative estimate of drug-likeness (QED) is 0.690. The molecule has 1 heterocycles. The summed E-state index contributed by atoms with van der Waals surface area (Å²) in [7, 11) is 3.92. The molecule has 1 amide bonds. The Morgan fingerprint density at radius 3 is 2.86 bits per heavy atom. The number of amides is 1. The number of hydrogen-bond acceptors (Lipinski definition) is 3. The summed E-state index contributed by atoms with van der Waals surface area (Å²) in [6.45, 7) is 1.71. The van der Waals surface area contributed by atoms with E-state index >= 15 is 0 Å². The maximum Gasteiger partial charge on any atom is 0.224 e. The predicted molar refractivity (Wildman–Crippen MR) is 55.0 cm³/mol. The highest BCUT2D eigenvalue weighted by molar-refractivity contribution is 5.77. The molecule has 0 aromatic rings. The zero-order valence-electron chi connectivity index (χ0n) is 9.07. The maximum absolute atomic E-state index is 11.7. The first-order valence-electron chi connectivity index (χ1n) is 5.20. The zero-order chi connectivity index (χ0) is 10.6. The Morgan fingerprint density at radius 2 is 2.29 bits per heavy atom. The monoisotopic (exact) mass is 200 g/mol. The van der Waals surface area contributed by atoms with Gasteiger partial charge in [0.05, 0.1) is 12.6 Å². The smallest absolute Gasteiger partial charge is 0.224 e. The Morgan fingerprint density at radius 1 is 1.57 bits per heavy atom. The number of rotatable bonds is 4. The minimum atomic E-state index is 0.0738. The summed E-state index contributed by atoms with van der Waals surface area (Å²) in [5.41, 5.74) is 0. The first-order valence-corrected chi connectivity index (χ1v) is 5.20. The van der Waals surface area contributed by atoms with Crippen LogP contribution in [0.1, 0.15) is 19.3 Å². The van der Waals surface area contributed by atoms with Crippen LogP contribution in [0.2, 0.25) is 0 Å². The molecule has 4 heteroatoms. The van der Waals surface area contributed by atoms with Crippen LogP contribution in [0, 0.1) is 0 Å². The minimum absolute atomic E-state index is 0.0738. The molecule has 1 fully saturated rings. The number of likely N-dealkylation sites (tertiary alicyclic amines) is 1. The van der Waals surface area contributed by atoms with Gasteiger partial charge in [-0.25, -0.2) is 0 Å². The van der Waals surface area contributed by atoms with Crippen molar-refractivity contribution in [3.63, 3.8) is 0 Å². The average molecular weight is 200 g/mol. The van der Waals surface area contributed by atoms with E-state index in [2.05, 4.69) is 0 Å². The van der Waals surface area contributed by atoms with E-state index in [-0.39, 0.29) is 18.6 Å². The van der Waals surface area contributed by atoms with Crippen LogP contribution in [0.5, 0.6) is 0 Å². The summed E-state index contributed by atoms with van der Waals surface area (Å²) in [6.07, 6.45) is 2.53. The zero-order valence-corrected chi connectivity index (χ0v) is 9.07. The molecule has 0 unspecified atom stereocenters. The van der Waals surface area contributed by atoms with E-state index < -0.39 is 0 Å². The summed E-state index contributed by atoms with van der Waals surface area (Å²) in [4.78, 5) is 15.5. The van der Waals surface area contributed by atoms with Crippen LogP contribution in [0.25, 0.3) is 0 Å². The number of hydrogen-bond donors (Lipinski definition) is 1. The highest BCUT2D eigenvalue weighted by Crippen LogP contribution is 2.17. The Bertz CT molecular complexity index is 195. The number of carbonyl (C=O) groups is 1. The van der Waals surface area contributed by atoms with Crippen molar-refractivity contribution in [2.24, 2.45) is 0 Å². The molecule has 0 aromatic carbocycles. The third kappa shape index (κ3) is 2.96. The van der Waals surface area contributed by atoms with Crippen LogP contribution in [0.4, 0.5) is 0 Å². The van der Waals surface area contributed by atoms with E-state index in [0.29, 0.717) is 6.42 Å². The molecule has 1 aliphatic heterocycles. The van der Waals surface area contributed by atoms with Gasteiger partial charge in [0.25, 0.3) is 0 Å². The van der Waals surface area contributed by atoms with Gasteiger partial charge in [0.15, 0.2) is 0 Å². The van der Waals surface area contributed by atoms with Crippen molar-refractivity contribution in [1.82, 2.24) is 9.80 Å². The molecule has 14 heavy (non-hydrogen) atoms. The Balaban J connectivity index is 2.35. The summed E-state index contributed by atoms with van der Waals surface area (Å²) in [5.74, 6) is 0.176. The normalized spacial score (nSPS) is 22.0. The van der Waals surface area contributed by atoms with E-state index in [1.54, 1.807) is 0 Å². The van der Waals surface area contributed by atoms with Gasteiger partial charge in [-0.3, -0.25) is 4.79 Å². The first kappa shape index (κ1) is 11.5. The summed E-state index contributed by atoms with van der Waals surface area (Å²) < 4.78 is 0. The molecule has 0 aromatic heterocycles. The van der Waals surface area contributed by atoms with Gasteiger partial charge in [-0.15, -0.1) is 0 Å². The SMILES string of the molecule is CN(C)CCC(=O)N1CCC[C@H]1CO. The molecular weight excluding hydrogens is 180 g/mol. The second-order valence-electron chi connectivity index (χ2n) is 4.12. The molecule has 0 spiro atoms. The molecule has 1 atom stereocenters. The highest BCUT2D eigenvalue weighted by atomic mass is 16.3. The van der Waals surface area contributed by atoms with Gasteiger partial charge >= 0.3 is 0 Å². The minimum Gasteiger partial charge on any atom is -0.394 e. The topological polar surface area (TPSA) is 43.8 Å². The van der Waals surface area contributed by atoms with E-state index in [1.165, 1.54) is 0 Å². The average Bonchev–Trinajstić information content (AvgIpc) is 2.61. The third-order valence-electron chi connectivity index (χ3n) is 2.68. The predicted octanol–water partition coefficient (Wildman–Crippen LogP) is -0.0786. The third-order valence-corrected chi connectivity index (χ3v) is 2.68. The van der Waals surface area contributed by atoms with Gasteiger partial charge in [0, 0.05) is 19.5 Å². The van der Waals surface area contributed by atoms with Crippen LogP contribution < -0.4 is 0 Å². The van der Waals surface area contributed by atoms with E-state index in [1.807, 2.05) is 23.9 Å². The van der Waals surface area contributed by atoms with Gasteiger partial charge in [-0.2, -0.15) is 0 Å². The fourth-order valence-electron chi connectivity index (χ4n) is 1.82. The van der Waals surface area contributed by atoms with Gasteiger partial charge in [0.2, 0.25) is 5.91 Å². The lowest BCUT2D eigenvalue weighted by Gasteiger charge is -2.23. The van der Waals surface area contributed by atoms with Crippen molar-refractivity contribution < 1.29 is 9.90 Å². The van der Waals surface area contributed by atoms with Crippen molar-refractivity contribution >= 4 is 5.91 Å². The second kappa shape index (κ2) is 5.32. The lowest BCUT2D eigenvalue weighted by molar-refractivity contribution is -0.132. The molecule has 0 bridgehead atoms. The van der Waals surface area contributed by atoms with Gasteiger partial charge < -0.3 is 14.9 Å². The number of aliphatic hydroxyl groups excluding tert-OH is 1. The Labute approximate surface area is 85.5 Å². The van der Waals surface area contributed by atoms with Gasteiger partial charge in [0.1, 0.15) is 0 Å². The highest BCUT2D eigenvalue weighted by Gasteiger charge is 2.27. The van der Waals surface area contributed by atoms with Gasteiger partial charge in [-0.05, 0) is 26.9 Å². The van der Waals surface area contributed by atoms with Crippen LogP contribution in [0.3, 0.4) is 0 Å². The van der Waals surface area contributed by atoms with E-state index in [9.17, 15) is 4.79 Å². The molecule has 82 valence electrons. The Kier molecular flexibility index (Phi) is 4.35. The lowest BCUT2D eigenvalue weighted by atomic mass is 10.2. The second-order valence-corrected chi connectivity index (χ2v) is 4.12. The van der Waals surface area contributed by atoms with Crippen LogP contribution >= 0.6 is 0 Å². The number of aliphatic hydroxyl groups is 1. The molecule has 1 saturated heterocycles. The molecule has 1 aliphatic rings. The Hall–Kier alpha value is -0.610. The van der Waals surface area contributed by atoms with Crippen molar-refractivity contribution in [3.05, 3.63) is 0 Å². The molecule has 0 aliphatic carbocycles. The molecule has 4 nitrogen and oxygen atoms in total. The van der Waals surface area contributed by atoms with Crippen LogP contribution in [-0.4, -0.2) is 60.6 Å². The molecule has 1 N–H and O–H groups in total. The van der Waals surface area contributed by atoms with Crippen LogP contribution in [0.15, 0.2) is 0 Å². The fraction of sp³-hybridized carbons (Fsp3) is 0.900. The molecule has 0 saturated carbocycles. The van der Waals surface area contributed by atoms with Crippen LogP contribution in [-0.2, 0) is 4.79 Å². The van der Waals surface area contributed by atoms with Crippen molar-refractivity contribution in [3.8, 4) is 0 Å². The lowest BCUT2D eigenvalue weighted by Crippen LogP contribution is -2.38. The number of carbonyl (C=O) groups excluding carboxylic acids is 1. The summed E-state index contributed by atoms with van der Waals surface area (Å²) in [6, 6.07) is 0.0738. The van der Waals surface area contributed by atoms with Crippen molar-refractivity contribution in [1.29, 1.82) is 0 Å². The van der Waals surface area contributed by atoms with E-state index in [0.717, 1.165) is 25.9 Å². The van der Waals surface area contributed by atoms with E-state index in [4.69, 9.17) is 5.11 Å². The number of nitrogens with zero attached hydrogens (tertiary/aromatic N) is 2. The van der Waals surface area contributed by atoms with Crippen molar-refractivity contribution in [2.45, 2.75) is 25.3 Å². The standard InChI is InChI=1S/C10H20N2O2/c1-11(2)7-5-10(14)12-6-3-4-9(12)8-13/h9,13H,3-8H2,1-2H3/t9-/m0/s1. The molecule has 1 rings (SSSR count). The maximum atomic E-state index is 11.7. The summed E-state index contributed by atoms with van der Waals surface area (Å²) >= 11 is 0. The van der Waals surface area contributed by atoms with Crippen molar-refractivity contribution in [2.75, 3.05) is 33.8 Å². The largest absolute Gasteiger partial charge is 0.394 e. The van der Waals surface area contributed by atoms with Gasteiger partial charge in [-0.1, -0.05) is 0 Å². The first-order chi connectivity index (χ1) is 6.65.